The number of benzene rings is 1. The number of amides is 3. The summed E-state index contributed by atoms with van der Waals surface area (Å²) in [6.07, 6.45) is 4.92. The van der Waals surface area contributed by atoms with E-state index in [9.17, 15) is 18.8 Å². The molecule has 0 spiro atoms. The Balaban J connectivity index is 1.69. The fraction of sp³-hybridized carbons (Fsp3) is 0.520. The van der Waals surface area contributed by atoms with Crippen LogP contribution in [-0.2, 0) is 9.53 Å². The van der Waals surface area contributed by atoms with Gasteiger partial charge < -0.3 is 26.4 Å². The summed E-state index contributed by atoms with van der Waals surface area (Å²) in [6, 6.07) is 4.55. The molecule has 1 aromatic heterocycles. The smallest absolute Gasteiger partial charge is 0.270 e. The van der Waals surface area contributed by atoms with E-state index in [1.54, 1.807) is 0 Å². The second kappa shape index (κ2) is 12.4. The molecule has 3 amide bonds. The summed E-state index contributed by atoms with van der Waals surface area (Å²) in [5, 5.41) is 3.12. The molecule has 1 aromatic carbocycles. The van der Waals surface area contributed by atoms with Crippen LogP contribution in [0.25, 0.3) is 0 Å². The van der Waals surface area contributed by atoms with Crippen LogP contribution in [0.5, 0.6) is 0 Å². The number of hydrogen-bond donors (Lipinski definition) is 3. The largest absolute Gasteiger partial charge is 0.395 e. The number of nitrogens with one attached hydrogen (secondary N) is 1. The van der Waals surface area contributed by atoms with Gasteiger partial charge in [0.1, 0.15) is 16.7 Å². The molecule has 1 saturated carbocycles. The molecule has 4 rings (SSSR count). The Labute approximate surface area is 219 Å². The molecular formula is C25H33FN6O4S. The van der Waals surface area contributed by atoms with E-state index in [-0.39, 0.29) is 34.8 Å². The average Bonchev–Trinajstić information content (AvgIpc) is 3.29. The predicted octanol–water partition coefficient (Wildman–Crippen LogP) is 1.93. The first-order valence-corrected chi connectivity index (χ1v) is 13.3. The molecular weight excluding hydrogens is 499 g/mol. The van der Waals surface area contributed by atoms with Crippen molar-refractivity contribution in [2.24, 2.45) is 5.73 Å². The molecule has 1 aliphatic carbocycles. The van der Waals surface area contributed by atoms with E-state index in [1.165, 1.54) is 29.2 Å². The van der Waals surface area contributed by atoms with E-state index in [0.29, 0.717) is 38.4 Å². The third-order valence-electron chi connectivity index (χ3n) is 6.87. The highest BCUT2D eigenvalue weighted by Gasteiger charge is 2.36. The zero-order valence-corrected chi connectivity index (χ0v) is 21.5. The SMILES string of the molecule is NC(=O)c1nsc(C(=O)N(CCN2CCOCC2)[C@@H](C(=O)NC2CCCCC2)c2ccc(F)cc2)c1N. The van der Waals surface area contributed by atoms with Crippen LogP contribution in [0.3, 0.4) is 0 Å². The first-order chi connectivity index (χ1) is 17.8. The second-order valence-electron chi connectivity index (χ2n) is 9.39. The number of morpholine rings is 1. The van der Waals surface area contributed by atoms with Crippen LogP contribution < -0.4 is 16.8 Å². The summed E-state index contributed by atoms with van der Waals surface area (Å²) in [5.74, 6) is -2.16. The maximum Gasteiger partial charge on any atom is 0.270 e. The van der Waals surface area contributed by atoms with E-state index in [1.807, 2.05) is 0 Å². The molecule has 1 aliphatic heterocycles. The van der Waals surface area contributed by atoms with Crippen LogP contribution in [0.2, 0.25) is 0 Å². The lowest BCUT2D eigenvalue weighted by Crippen LogP contribution is -2.49. The predicted molar refractivity (Wildman–Crippen MR) is 137 cm³/mol. The number of nitrogens with two attached hydrogens (primary N) is 2. The normalized spacial score (nSPS) is 17.8. The van der Waals surface area contributed by atoms with Gasteiger partial charge in [-0.15, -0.1) is 0 Å². The van der Waals surface area contributed by atoms with Crippen molar-refractivity contribution in [2.45, 2.75) is 44.2 Å². The van der Waals surface area contributed by atoms with Crippen molar-refractivity contribution in [1.82, 2.24) is 19.5 Å². The lowest BCUT2D eigenvalue weighted by atomic mass is 9.94. The van der Waals surface area contributed by atoms with Crippen LogP contribution in [0, 0.1) is 5.82 Å². The topological polar surface area (TPSA) is 144 Å². The van der Waals surface area contributed by atoms with Gasteiger partial charge >= 0.3 is 0 Å². The Morgan fingerprint density at radius 3 is 2.46 bits per heavy atom. The maximum atomic E-state index is 13.9. The highest BCUT2D eigenvalue weighted by molar-refractivity contribution is 7.09. The Morgan fingerprint density at radius 2 is 1.84 bits per heavy atom. The lowest BCUT2D eigenvalue weighted by molar-refractivity contribution is -0.127. The van der Waals surface area contributed by atoms with E-state index in [0.717, 1.165) is 43.6 Å². The van der Waals surface area contributed by atoms with E-state index in [2.05, 4.69) is 14.6 Å². The first kappa shape index (κ1) is 27.0. The molecule has 2 fully saturated rings. The molecule has 1 saturated heterocycles. The Bertz CT molecular complexity index is 1100. The number of rotatable bonds is 9. The van der Waals surface area contributed by atoms with Crippen molar-refractivity contribution in [3.05, 3.63) is 46.2 Å². The van der Waals surface area contributed by atoms with Gasteiger partial charge in [0.2, 0.25) is 5.91 Å². The van der Waals surface area contributed by atoms with Crippen LogP contribution in [0.15, 0.2) is 24.3 Å². The Hall–Kier alpha value is -3.09. The molecule has 200 valence electrons. The average molecular weight is 533 g/mol. The number of halogens is 1. The number of carbonyl (C=O) groups excluding carboxylic acids is 3. The fourth-order valence-electron chi connectivity index (χ4n) is 4.83. The van der Waals surface area contributed by atoms with Crippen molar-refractivity contribution in [1.29, 1.82) is 0 Å². The Kier molecular flexibility index (Phi) is 9.06. The number of ether oxygens (including phenoxy) is 1. The van der Waals surface area contributed by atoms with E-state index < -0.39 is 23.7 Å². The molecule has 12 heteroatoms. The molecule has 2 aliphatic rings. The van der Waals surface area contributed by atoms with Crippen LogP contribution in [-0.4, -0.2) is 77.3 Å². The maximum absolute atomic E-state index is 13.9. The molecule has 2 aromatic rings. The van der Waals surface area contributed by atoms with E-state index >= 15 is 0 Å². The first-order valence-electron chi connectivity index (χ1n) is 12.6. The van der Waals surface area contributed by atoms with Crippen molar-refractivity contribution in [2.75, 3.05) is 45.1 Å². The Morgan fingerprint density at radius 1 is 1.16 bits per heavy atom. The minimum atomic E-state index is -1.03. The van der Waals surface area contributed by atoms with Gasteiger partial charge in [-0.25, -0.2) is 4.39 Å². The minimum Gasteiger partial charge on any atom is -0.395 e. The van der Waals surface area contributed by atoms with Gasteiger partial charge in [-0.2, -0.15) is 4.37 Å². The highest BCUT2D eigenvalue weighted by atomic mass is 32.1. The molecule has 37 heavy (non-hydrogen) atoms. The highest BCUT2D eigenvalue weighted by Crippen LogP contribution is 2.30. The number of hydrogen-bond acceptors (Lipinski definition) is 8. The number of primary amides is 1. The van der Waals surface area contributed by atoms with Crippen LogP contribution in [0.4, 0.5) is 10.1 Å². The summed E-state index contributed by atoms with van der Waals surface area (Å²) >= 11 is 0.772. The minimum absolute atomic E-state index is 0.00957. The lowest BCUT2D eigenvalue weighted by Gasteiger charge is -2.35. The molecule has 0 bridgehead atoms. The monoisotopic (exact) mass is 532 g/mol. The summed E-state index contributed by atoms with van der Waals surface area (Å²) in [6.45, 7) is 3.26. The van der Waals surface area contributed by atoms with Crippen LogP contribution >= 0.6 is 11.5 Å². The van der Waals surface area contributed by atoms with Gasteiger partial charge in [-0.1, -0.05) is 31.4 Å². The molecule has 0 radical (unpaired) electrons. The van der Waals surface area contributed by atoms with Gasteiger partial charge in [0.05, 0.1) is 18.9 Å². The van der Waals surface area contributed by atoms with E-state index in [4.69, 9.17) is 16.2 Å². The van der Waals surface area contributed by atoms with Crippen LogP contribution in [0.1, 0.15) is 63.9 Å². The molecule has 1 atom stereocenters. The van der Waals surface area contributed by atoms with Crippen molar-refractivity contribution < 1.29 is 23.5 Å². The third-order valence-corrected chi connectivity index (χ3v) is 7.73. The van der Waals surface area contributed by atoms with Gasteiger partial charge in [0.25, 0.3) is 11.8 Å². The van der Waals surface area contributed by atoms with Gasteiger partial charge in [0.15, 0.2) is 5.69 Å². The van der Waals surface area contributed by atoms with Gasteiger partial charge in [-0.05, 0) is 42.1 Å². The summed E-state index contributed by atoms with van der Waals surface area (Å²) < 4.78 is 23.2. The standard InChI is InChI=1S/C25H33FN6O4S/c26-17-8-6-16(7-9-17)21(24(34)29-18-4-2-1-3-5-18)32(11-10-31-12-14-36-15-13-31)25(35)22-19(27)20(23(28)33)30-37-22/h6-9,18,21H,1-5,10-15,27H2,(H2,28,33)(H,29,34)/t21-/m1/s1. The number of nitrogens with zero attached hydrogens (tertiary/aromatic N) is 3. The zero-order valence-electron chi connectivity index (χ0n) is 20.7. The molecule has 10 nitrogen and oxygen atoms in total. The number of carbonyl (C=O) groups is 3. The van der Waals surface area contributed by atoms with Crippen molar-refractivity contribution in [3.63, 3.8) is 0 Å². The fourth-order valence-corrected chi connectivity index (χ4v) is 5.59. The van der Waals surface area contributed by atoms with Crippen molar-refractivity contribution >= 4 is 34.9 Å². The summed E-state index contributed by atoms with van der Waals surface area (Å²) in [4.78, 5) is 43.0. The number of aromatic nitrogens is 1. The quantitative estimate of drug-likeness (QED) is 0.448. The van der Waals surface area contributed by atoms with Gasteiger partial charge in [-0.3, -0.25) is 19.3 Å². The molecule has 2 heterocycles. The molecule has 0 unspecified atom stereocenters. The number of nitrogen functional groups attached to an aromatic ring is 1. The number of anilines is 1. The van der Waals surface area contributed by atoms with Gasteiger partial charge in [0, 0.05) is 32.2 Å². The summed E-state index contributed by atoms with van der Waals surface area (Å²) in [5.41, 5.74) is 11.6. The van der Waals surface area contributed by atoms with Crippen molar-refractivity contribution in [3.8, 4) is 0 Å². The third kappa shape index (κ3) is 6.62. The molecule has 5 N–H and O–H groups in total. The zero-order chi connectivity index (χ0) is 26.4. The summed E-state index contributed by atoms with van der Waals surface area (Å²) in [7, 11) is 0. The second-order valence-corrected chi connectivity index (χ2v) is 10.2.